The fraction of sp³-hybridized carbons (Fsp3) is 0.652. The first-order chi connectivity index (χ1) is 14.0. The molecule has 1 fully saturated rings. The third-order valence-electron chi connectivity index (χ3n) is 6.47. The highest BCUT2D eigenvalue weighted by Gasteiger charge is 2.30. The van der Waals surface area contributed by atoms with Crippen molar-refractivity contribution < 1.29 is 9.21 Å². The molecule has 0 unspecified atom stereocenters. The lowest BCUT2D eigenvalue weighted by atomic mass is 9.88. The van der Waals surface area contributed by atoms with E-state index >= 15 is 0 Å². The average molecular weight is 399 g/mol. The van der Waals surface area contributed by atoms with Crippen molar-refractivity contribution in [2.24, 2.45) is 5.92 Å². The van der Waals surface area contributed by atoms with Gasteiger partial charge in [-0.05, 0) is 57.1 Å². The maximum atomic E-state index is 12.8. The standard InChI is InChI=1S/C23H34N4O2/c1-16-9-11-19(29-16)14-24-18-10-12-21-20(13-18)22(23(28)26(2)3)25-27(21)15-17-7-5-4-6-8-17/h9,11,17-18,24H,4-8,10,12-15H2,1-3H3/t18-/m0/s1. The predicted molar refractivity (Wildman–Crippen MR) is 113 cm³/mol. The molecule has 29 heavy (non-hydrogen) atoms. The van der Waals surface area contributed by atoms with Crippen LogP contribution in [0.2, 0.25) is 0 Å². The van der Waals surface area contributed by atoms with E-state index in [1.165, 1.54) is 37.8 Å². The van der Waals surface area contributed by atoms with Crippen LogP contribution in [-0.4, -0.2) is 40.7 Å². The molecule has 6 heteroatoms. The number of aryl methyl sites for hydroxylation is 1. The molecule has 0 spiro atoms. The second-order valence-electron chi connectivity index (χ2n) is 8.99. The molecule has 2 aliphatic carbocycles. The quantitative estimate of drug-likeness (QED) is 0.806. The largest absolute Gasteiger partial charge is 0.465 e. The fourth-order valence-corrected chi connectivity index (χ4v) is 4.84. The molecule has 1 saturated carbocycles. The second kappa shape index (κ2) is 8.74. The van der Waals surface area contributed by atoms with Gasteiger partial charge in [0.1, 0.15) is 11.5 Å². The number of fused-ring (bicyclic) bond motifs is 1. The van der Waals surface area contributed by atoms with Crippen LogP contribution in [0.25, 0.3) is 0 Å². The van der Waals surface area contributed by atoms with Crippen LogP contribution in [0.3, 0.4) is 0 Å². The van der Waals surface area contributed by atoms with Gasteiger partial charge in [0.05, 0.1) is 6.54 Å². The number of nitrogens with one attached hydrogen (secondary N) is 1. The van der Waals surface area contributed by atoms with Gasteiger partial charge in [0.15, 0.2) is 5.69 Å². The summed E-state index contributed by atoms with van der Waals surface area (Å²) in [6, 6.07) is 4.37. The van der Waals surface area contributed by atoms with Crippen molar-refractivity contribution in [3.63, 3.8) is 0 Å². The van der Waals surface area contributed by atoms with Crippen molar-refractivity contribution in [2.75, 3.05) is 14.1 Å². The van der Waals surface area contributed by atoms with Crippen LogP contribution < -0.4 is 5.32 Å². The molecular formula is C23H34N4O2. The third kappa shape index (κ3) is 4.58. The molecule has 1 atom stereocenters. The average Bonchev–Trinajstić information content (AvgIpc) is 3.30. The smallest absolute Gasteiger partial charge is 0.274 e. The Morgan fingerprint density at radius 2 is 2.03 bits per heavy atom. The van der Waals surface area contributed by atoms with Crippen molar-refractivity contribution in [3.05, 3.63) is 40.6 Å². The molecule has 6 nitrogen and oxygen atoms in total. The summed E-state index contributed by atoms with van der Waals surface area (Å²) in [5.74, 6) is 2.63. The maximum absolute atomic E-state index is 12.8. The van der Waals surface area contributed by atoms with Gasteiger partial charge in [-0.15, -0.1) is 0 Å². The Bertz CT molecular complexity index is 845. The first kappa shape index (κ1) is 20.2. The highest BCUT2D eigenvalue weighted by Crippen LogP contribution is 2.30. The maximum Gasteiger partial charge on any atom is 0.274 e. The Labute approximate surface area is 173 Å². The Morgan fingerprint density at radius 3 is 2.72 bits per heavy atom. The van der Waals surface area contributed by atoms with E-state index in [1.54, 1.807) is 4.90 Å². The molecule has 0 aliphatic heterocycles. The predicted octanol–water partition coefficient (Wildman–Crippen LogP) is 3.71. The molecular weight excluding hydrogens is 364 g/mol. The van der Waals surface area contributed by atoms with E-state index in [4.69, 9.17) is 9.52 Å². The van der Waals surface area contributed by atoms with Gasteiger partial charge in [-0.3, -0.25) is 9.48 Å². The molecule has 2 aromatic rings. The second-order valence-corrected chi connectivity index (χ2v) is 8.99. The molecule has 0 bridgehead atoms. The molecule has 0 aromatic carbocycles. The molecule has 158 valence electrons. The summed E-state index contributed by atoms with van der Waals surface area (Å²) >= 11 is 0. The van der Waals surface area contributed by atoms with E-state index in [0.717, 1.165) is 49.4 Å². The summed E-state index contributed by atoms with van der Waals surface area (Å²) in [4.78, 5) is 14.5. The van der Waals surface area contributed by atoms with Crippen LogP contribution in [0.4, 0.5) is 0 Å². The number of furan rings is 1. The van der Waals surface area contributed by atoms with Gasteiger partial charge in [0, 0.05) is 37.9 Å². The van der Waals surface area contributed by atoms with Crippen LogP contribution in [-0.2, 0) is 25.9 Å². The van der Waals surface area contributed by atoms with Gasteiger partial charge in [-0.2, -0.15) is 5.10 Å². The summed E-state index contributed by atoms with van der Waals surface area (Å²) in [5.41, 5.74) is 3.09. The van der Waals surface area contributed by atoms with Crippen molar-refractivity contribution in [3.8, 4) is 0 Å². The Morgan fingerprint density at radius 1 is 1.24 bits per heavy atom. The molecule has 4 rings (SSSR count). The first-order valence-electron chi connectivity index (χ1n) is 11.1. The zero-order valence-corrected chi connectivity index (χ0v) is 18.0. The molecule has 0 radical (unpaired) electrons. The zero-order valence-electron chi connectivity index (χ0n) is 18.0. The third-order valence-corrected chi connectivity index (χ3v) is 6.47. The highest BCUT2D eigenvalue weighted by molar-refractivity contribution is 5.93. The van der Waals surface area contributed by atoms with E-state index in [1.807, 2.05) is 33.2 Å². The molecule has 1 amide bonds. The van der Waals surface area contributed by atoms with Gasteiger partial charge in [-0.1, -0.05) is 19.3 Å². The number of rotatable bonds is 6. The van der Waals surface area contributed by atoms with Crippen LogP contribution in [0.1, 0.15) is 71.8 Å². The van der Waals surface area contributed by atoms with Gasteiger partial charge in [-0.25, -0.2) is 0 Å². The van der Waals surface area contributed by atoms with Crippen LogP contribution in [0, 0.1) is 12.8 Å². The minimum atomic E-state index is 0.0194. The highest BCUT2D eigenvalue weighted by atomic mass is 16.3. The minimum Gasteiger partial charge on any atom is -0.465 e. The zero-order chi connectivity index (χ0) is 20.4. The first-order valence-corrected chi connectivity index (χ1v) is 11.1. The summed E-state index contributed by atoms with van der Waals surface area (Å²) in [6.07, 6.45) is 9.50. The number of aromatic nitrogens is 2. The number of hydrogen-bond acceptors (Lipinski definition) is 4. The summed E-state index contributed by atoms with van der Waals surface area (Å²) in [5, 5.41) is 8.46. The van der Waals surface area contributed by atoms with Crippen molar-refractivity contribution in [1.29, 1.82) is 0 Å². The van der Waals surface area contributed by atoms with E-state index < -0.39 is 0 Å². The number of carbonyl (C=O) groups excluding carboxylic acids is 1. The lowest BCUT2D eigenvalue weighted by molar-refractivity contribution is 0.0819. The summed E-state index contributed by atoms with van der Waals surface area (Å²) in [7, 11) is 3.62. The van der Waals surface area contributed by atoms with Crippen molar-refractivity contribution >= 4 is 5.91 Å². The van der Waals surface area contributed by atoms with Gasteiger partial charge < -0.3 is 14.6 Å². The summed E-state index contributed by atoms with van der Waals surface area (Å²) < 4.78 is 7.86. The van der Waals surface area contributed by atoms with Crippen molar-refractivity contribution in [1.82, 2.24) is 20.0 Å². The number of nitrogens with zero attached hydrogens (tertiary/aromatic N) is 3. The topological polar surface area (TPSA) is 63.3 Å². The Balaban J connectivity index is 1.51. The fourth-order valence-electron chi connectivity index (χ4n) is 4.84. The van der Waals surface area contributed by atoms with E-state index in [-0.39, 0.29) is 5.91 Å². The van der Waals surface area contributed by atoms with Gasteiger partial charge in [0.25, 0.3) is 5.91 Å². The molecule has 2 aromatic heterocycles. The normalized spacial score (nSPS) is 19.9. The molecule has 2 heterocycles. The Kier molecular flexibility index (Phi) is 6.09. The lowest BCUT2D eigenvalue weighted by Crippen LogP contribution is -2.35. The minimum absolute atomic E-state index is 0.0194. The van der Waals surface area contributed by atoms with E-state index in [0.29, 0.717) is 17.7 Å². The van der Waals surface area contributed by atoms with Crippen molar-refractivity contribution in [2.45, 2.75) is 77.4 Å². The van der Waals surface area contributed by atoms with Crippen LogP contribution >= 0.6 is 0 Å². The SMILES string of the molecule is Cc1ccc(CN[C@H]2CCc3c(c(C(=O)N(C)C)nn3CC3CCCCC3)C2)o1. The van der Waals surface area contributed by atoms with E-state index in [2.05, 4.69) is 10.00 Å². The van der Waals surface area contributed by atoms with Crippen LogP contribution in [0.15, 0.2) is 16.5 Å². The number of hydrogen-bond donors (Lipinski definition) is 1. The molecule has 2 aliphatic rings. The monoisotopic (exact) mass is 398 g/mol. The van der Waals surface area contributed by atoms with E-state index in [9.17, 15) is 4.79 Å². The molecule has 1 N–H and O–H groups in total. The number of carbonyl (C=O) groups is 1. The van der Waals surface area contributed by atoms with Gasteiger partial charge in [0.2, 0.25) is 0 Å². The summed E-state index contributed by atoms with van der Waals surface area (Å²) in [6.45, 7) is 3.66. The van der Waals surface area contributed by atoms with Crippen LogP contribution in [0.5, 0.6) is 0 Å². The number of amides is 1. The Hall–Kier alpha value is -2.08. The lowest BCUT2D eigenvalue weighted by Gasteiger charge is -2.26. The van der Waals surface area contributed by atoms with Gasteiger partial charge >= 0.3 is 0 Å². The molecule has 0 saturated heterocycles.